The second-order valence-electron chi connectivity index (χ2n) is 9.19. The highest BCUT2D eigenvalue weighted by atomic mass is 32.1. The number of hydrogen-bond donors (Lipinski definition) is 3. The van der Waals surface area contributed by atoms with E-state index in [-0.39, 0.29) is 23.9 Å². The molecule has 166 valence electrons. The average Bonchev–Trinajstić information content (AvgIpc) is 2.63. The van der Waals surface area contributed by atoms with Gasteiger partial charge in [-0.3, -0.25) is 9.59 Å². The molecule has 0 spiro atoms. The van der Waals surface area contributed by atoms with Gasteiger partial charge in [-0.1, -0.05) is 6.07 Å². The number of piperazine rings is 1. The third-order valence-electron chi connectivity index (χ3n) is 5.23. The van der Waals surface area contributed by atoms with Gasteiger partial charge in [0, 0.05) is 18.3 Å². The largest absolute Gasteiger partial charge is 0.347 e. The molecule has 1 heterocycles. The lowest BCUT2D eigenvalue weighted by Crippen LogP contribution is -3.16. The second-order valence-corrected chi connectivity index (χ2v) is 9.58. The first kappa shape index (κ1) is 24.1. The molecule has 2 rings (SSSR count). The first-order chi connectivity index (χ1) is 13.9. The van der Waals surface area contributed by atoms with Crippen LogP contribution in [-0.4, -0.2) is 78.6 Å². The lowest BCUT2D eigenvalue weighted by Gasteiger charge is -2.33. The molecule has 30 heavy (non-hydrogen) atoms. The van der Waals surface area contributed by atoms with E-state index in [0.29, 0.717) is 24.7 Å². The molecule has 0 aromatic heterocycles. The molecule has 1 aromatic carbocycles. The zero-order valence-corrected chi connectivity index (χ0v) is 19.9. The van der Waals surface area contributed by atoms with E-state index in [4.69, 9.17) is 12.2 Å². The zero-order valence-electron chi connectivity index (χ0n) is 19.1. The summed E-state index contributed by atoms with van der Waals surface area (Å²) in [6.45, 7) is 13.6. The number of nitrogens with zero attached hydrogens (tertiary/aromatic N) is 2. The first-order valence-electron chi connectivity index (χ1n) is 10.5. The maximum atomic E-state index is 12.7. The Morgan fingerprint density at radius 1 is 1.17 bits per heavy atom. The topological polar surface area (TPSA) is 69.1 Å². The molecule has 1 aromatic rings. The lowest BCUT2D eigenvalue weighted by atomic mass is 10.1. The van der Waals surface area contributed by atoms with Crippen LogP contribution in [0.1, 0.15) is 31.9 Å². The van der Waals surface area contributed by atoms with Gasteiger partial charge in [0.05, 0.1) is 32.7 Å². The maximum absolute atomic E-state index is 12.7. The number of anilines is 1. The molecule has 1 saturated heterocycles. The van der Waals surface area contributed by atoms with Crippen molar-refractivity contribution in [2.75, 3.05) is 51.6 Å². The normalized spacial score (nSPS) is 14.9. The quantitative estimate of drug-likeness (QED) is 0.592. The molecule has 1 aliphatic rings. The van der Waals surface area contributed by atoms with Gasteiger partial charge in [0.2, 0.25) is 5.91 Å². The van der Waals surface area contributed by atoms with E-state index < -0.39 is 0 Å². The van der Waals surface area contributed by atoms with E-state index in [2.05, 4.69) is 36.6 Å². The van der Waals surface area contributed by atoms with Crippen molar-refractivity contribution in [3.63, 3.8) is 0 Å². The predicted octanol–water partition coefficient (Wildman–Crippen LogP) is 0.574. The van der Waals surface area contributed by atoms with Gasteiger partial charge < -0.3 is 25.3 Å². The van der Waals surface area contributed by atoms with E-state index in [0.717, 1.165) is 18.8 Å². The Hall–Kier alpha value is -2.19. The van der Waals surface area contributed by atoms with Crippen LogP contribution in [0.5, 0.6) is 0 Å². The molecular weight excluding hydrogens is 398 g/mol. The van der Waals surface area contributed by atoms with Crippen LogP contribution in [-0.2, 0) is 9.59 Å². The number of nitrogens with one attached hydrogen (secondary N) is 3. The molecule has 0 atom stereocenters. The van der Waals surface area contributed by atoms with Crippen molar-refractivity contribution in [1.82, 2.24) is 15.1 Å². The Bertz CT molecular complexity index is 782. The summed E-state index contributed by atoms with van der Waals surface area (Å²) in [5.74, 6) is 0.111. The SMILES string of the molecule is Cc1ccc(NC(=S)N(C)CC(=O)N2CC[NH+](CC(=O)NC(C)(C)C)CC2)cc1C. The summed E-state index contributed by atoms with van der Waals surface area (Å²) in [4.78, 5) is 29.6. The van der Waals surface area contributed by atoms with E-state index >= 15 is 0 Å². The van der Waals surface area contributed by atoms with Gasteiger partial charge in [0.1, 0.15) is 0 Å². The van der Waals surface area contributed by atoms with Crippen LogP contribution in [0.15, 0.2) is 18.2 Å². The molecule has 1 aliphatic heterocycles. The number of thiocarbonyl (C=S) groups is 1. The number of likely N-dealkylation sites (N-methyl/N-ethyl adjacent to an activating group) is 1. The Labute approximate surface area is 185 Å². The minimum absolute atomic E-state index is 0.0553. The Morgan fingerprint density at radius 3 is 2.37 bits per heavy atom. The third kappa shape index (κ3) is 7.57. The van der Waals surface area contributed by atoms with Crippen LogP contribution in [0.4, 0.5) is 5.69 Å². The van der Waals surface area contributed by atoms with Gasteiger partial charge in [-0.25, -0.2) is 0 Å². The number of carbonyl (C=O) groups is 2. The Kier molecular flexibility index (Phi) is 8.20. The van der Waals surface area contributed by atoms with Gasteiger partial charge >= 0.3 is 0 Å². The smallest absolute Gasteiger partial charge is 0.275 e. The van der Waals surface area contributed by atoms with Gasteiger partial charge in [-0.15, -0.1) is 0 Å². The van der Waals surface area contributed by atoms with Crippen molar-refractivity contribution in [2.45, 2.75) is 40.2 Å². The maximum Gasteiger partial charge on any atom is 0.275 e. The van der Waals surface area contributed by atoms with Crippen LogP contribution in [0.3, 0.4) is 0 Å². The van der Waals surface area contributed by atoms with E-state index in [1.54, 1.807) is 4.90 Å². The Morgan fingerprint density at radius 2 is 1.80 bits per heavy atom. The van der Waals surface area contributed by atoms with Crippen molar-refractivity contribution >= 4 is 34.8 Å². The van der Waals surface area contributed by atoms with Crippen LogP contribution in [0.2, 0.25) is 0 Å². The van der Waals surface area contributed by atoms with Gasteiger partial charge in [-0.2, -0.15) is 0 Å². The molecular formula is C22H36N5O2S+. The van der Waals surface area contributed by atoms with Crippen LogP contribution in [0.25, 0.3) is 0 Å². The monoisotopic (exact) mass is 434 g/mol. The molecule has 0 unspecified atom stereocenters. The fraction of sp³-hybridized carbons (Fsp3) is 0.591. The standard InChI is InChI=1S/C22H35N5O2S/c1-16-7-8-18(13-17(16)2)23-21(30)25(6)15-20(29)27-11-9-26(10-12-27)14-19(28)24-22(3,4)5/h7-8,13H,9-12,14-15H2,1-6H3,(H,23,30)(H,24,28)/p+1. The van der Waals surface area contributed by atoms with E-state index in [1.807, 2.05) is 38.8 Å². The van der Waals surface area contributed by atoms with Gasteiger partial charge in [0.25, 0.3) is 5.91 Å². The highest BCUT2D eigenvalue weighted by Crippen LogP contribution is 2.14. The summed E-state index contributed by atoms with van der Waals surface area (Å²) in [7, 11) is 1.83. The number of rotatable bonds is 5. The molecule has 2 amide bonds. The molecule has 0 aliphatic carbocycles. The van der Waals surface area contributed by atoms with Crippen molar-refractivity contribution in [3.8, 4) is 0 Å². The first-order valence-corrected chi connectivity index (χ1v) is 10.9. The predicted molar refractivity (Wildman–Crippen MR) is 125 cm³/mol. The summed E-state index contributed by atoms with van der Waals surface area (Å²) in [5, 5.41) is 6.72. The number of carbonyl (C=O) groups excluding carboxylic acids is 2. The molecule has 0 radical (unpaired) electrons. The zero-order chi connectivity index (χ0) is 22.5. The summed E-state index contributed by atoms with van der Waals surface area (Å²) >= 11 is 5.46. The number of quaternary nitrogens is 1. The summed E-state index contributed by atoms with van der Waals surface area (Å²) in [5.41, 5.74) is 3.13. The lowest BCUT2D eigenvalue weighted by molar-refractivity contribution is -0.896. The molecule has 8 heteroatoms. The number of amides is 2. The molecule has 0 bridgehead atoms. The minimum Gasteiger partial charge on any atom is -0.347 e. The fourth-order valence-electron chi connectivity index (χ4n) is 3.35. The highest BCUT2D eigenvalue weighted by molar-refractivity contribution is 7.80. The summed E-state index contributed by atoms with van der Waals surface area (Å²) in [6, 6.07) is 6.09. The van der Waals surface area contributed by atoms with E-state index in [9.17, 15) is 9.59 Å². The van der Waals surface area contributed by atoms with Crippen molar-refractivity contribution in [2.24, 2.45) is 0 Å². The fourth-order valence-corrected chi connectivity index (χ4v) is 3.53. The van der Waals surface area contributed by atoms with E-state index in [1.165, 1.54) is 16.0 Å². The molecule has 7 nitrogen and oxygen atoms in total. The number of aryl methyl sites for hydroxylation is 2. The van der Waals surface area contributed by atoms with Gasteiger partial charge in [-0.05, 0) is 70.1 Å². The second kappa shape index (κ2) is 10.2. The summed E-state index contributed by atoms with van der Waals surface area (Å²) in [6.07, 6.45) is 0. The van der Waals surface area contributed by atoms with Crippen LogP contribution < -0.4 is 15.5 Å². The number of benzene rings is 1. The average molecular weight is 435 g/mol. The number of hydrogen-bond acceptors (Lipinski definition) is 3. The van der Waals surface area contributed by atoms with Crippen LogP contribution >= 0.6 is 12.2 Å². The van der Waals surface area contributed by atoms with Crippen molar-refractivity contribution < 1.29 is 14.5 Å². The van der Waals surface area contributed by atoms with Gasteiger partial charge in [0.15, 0.2) is 11.7 Å². The molecule has 3 N–H and O–H groups in total. The van der Waals surface area contributed by atoms with Crippen molar-refractivity contribution in [1.29, 1.82) is 0 Å². The Balaban J connectivity index is 1.77. The van der Waals surface area contributed by atoms with Crippen LogP contribution in [0, 0.1) is 13.8 Å². The third-order valence-corrected chi connectivity index (χ3v) is 5.64. The van der Waals surface area contributed by atoms with Crippen molar-refractivity contribution in [3.05, 3.63) is 29.3 Å². The molecule has 0 saturated carbocycles. The summed E-state index contributed by atoms with van der Waals surface area (Å²) < 4.78 is 0. The highest BCUT2D eigenvalue weighted by Gasteiger charge is 2.27. The minimum atomic E-state index is -0.220. The molecule has 1 fully saturated rings.